The summed E-state index contributed by atoms with van der Waals surface area (Å²) in [4.78, 5) is 10.8. The van der Waals surface area contributed by atoms with Gasteiger partial charge in [0.25, 0.3) is 0 Å². The highest BCUT2D eigenvalue weighted by Crippen LogP contribution is 2.37. The molecular formula is C15H20O4S. The summed E-state index contributed by atoms with van der Waals surface area (Å²) in [5.74, 6) is -2.11. The Hall–Kier alpha value is -1.36. The van der Waals surface area contributed by atoms with Crippen molar-refractivity contribution in [3.05, 3.63) is 35.4 Å². The van der Waals surface area contributed by atoms with E-state index in [0.717, 1.165) is 30.4 Å². The van der Waals surface area contributed by atoms with E-state index in [2.05, 4.69) is 0 Å². The fraction of sp³-hybridized carbons (Fsp3) is 0.533. The Morgan fingerprint density at radius 3 is 2.65 bits per heavy atom. The maximum atomic E-state index is 12.3. The number of hydrogen-bond donors (Lipinski definition) is 1. The molecule has 0 amide bonds. The standard InChI is InChI=1S/C15H20O4S/c1-11-5-4-6-12(9-11)13-7-2-3-8-14(13)20(18,19)10-15(16)17/h4-6,9,13-14H,2-3,7-8,10H2,1H3,(H,16,17)/t13-,14-/m1/s1. The van der Waals surface area contributed by atoms with Crippen LogP contribution in [0.2, 0.25) is 0 Å². The van der Waals surface area contributed by atoms with Gasteiger partial charge in [0.15, 0.2) is 9.84 Å². The zero-order valence-electron chi connectivity index (χ0n) is 11.6. The first kappa shape index (κ1) is 15.0. The molecule has 5 heteroatoms. The third-order valence-corrected chi connectivity index (χ3v) is 6.09. The lowest BCUT2D eigenvalue weighted by Gasteiger charge is -2.31. The highest BCUT2D eigenvalue weighted by molar-refractivity contribution is 7.92. The first-order chi connectivity index (χ1) is 9.40. The third kappa shape index (κ3) is 3.39. The molecule has 0 unspecified atom stereocenters. The molecule has 0 saturated heterocycles. The molecule has 0 aliphatic heterocycles. The lowest BCUT2D eigenvalue weighted by atomic mass is 9.83. The second-order valence-corrected chi connectivity index (χ2v) is 7.76. The molecule has 0 spiro atoms. The van der Waals surface area contributed by atoms with Crippen LogP contribution in [0.5, 0.6) is 0 Å². The summed E-state index contributed by atoms with van der Waals surface area (Å²) in [6, 6.07) is 7.87. The number of aryl methyl sites for hydroxylation is 1. The normalized spacial score (nSPS) is 23.4. The van der Waals surface area contributed by atoms with Gasteiger partial charge in [-0.15, -0.1) is 0 Å². The molecule has 1 fully saturated rings. The monoisotopic (exact) mass is 296 g/mol. The zero-order valence-corrected chi connectivity index (χ0v) is 12.4. The van der Waals surface area contributed by atoms with E-state index >= 15 is 0 Å². The van der Waals surface area contributed by atoms with Crippen molar-refractivity contribution in [2.45, 2.75) is 43.8 Å². The Kier molecular flexibility index (Phi) is 4.48. The molecule has 0 heterocycles. The highest BCUT2D eigenvalue weighted by atomic mass is 32.2. The number of sulfone groups is 1. The molecule has 20 heavy (non-hydrogen) atoms. The Morgan fingerprint density at radius 1 is 1.30 bits per heavy atom. The van der Waals surface area contributed by atoms with Crippen molar-refractivity contribution < 1.29 is 18.3 Å². The predicted molar refractivity (Wildman–Crippen MR) is 77.6 cm³/mol. The molecular weight excluding hydrogens is 276 g/mol. The van der Waals surface area contributed by atoms with Gasteiger partial charge in [0, 0.05) is 5.92 Å². The van der Waals surface area contributed by atoms with E-state index < -0.39 is 26.8 Å². The minimum Gasteiger partial charge on any atom is -0.480 e. The van der Waals surface area contributed by atoms with Crippen molar-refractivity contribution in [1.82, 2.24) is 0 Å². The van der Waals surface area contributed by atoms with Crippen LogP contribution in [0.4, 0.5) is 0 Å². The predicted octanol–water partition coefficient (Wildman–Crippen LogP) is 2.52. The van der Waals surface area contributed by atoms with E-state index in [1.807, 2.05) is 31.2 Å². The number of carboxylic acids is 1. The number of aliphatic carboxylic acids is 1. The molecule has 1 N–H and O–H groups in total. The number of rotatable bonds is 4. The van der Waals surface area contributed by atoms with Crippen LogP contribution in [0.1, 0.15) is 42.7 Å². The lowest BCUT2D eigenvalue weighted by molar-refractivity contribution is -0.134. The van der Waals surface area contributed by atoms with E-state index in [1.165, 1.54) is 0 Å². The van der Waals surface area contributed by atoms with Crippen molar-refractivity contribution in [2.24, 2.45) is 0 Å². The molecule has 110 valence electrons. The summed E-state index contributed by atoms with van der Waals surface area (Å²) in [5.41, 5.74) is 2.12. The molecule has 0 bridgehead atoms. The fourth-order valence-electron chi connectivity index (χ4n) is 3.09. The van der Waals surface area contributed by atoms with Crippen molar-refractivity contribution >= 4 is 15.8 Å². The van der Waals surface area contributed by atoms with Gasteiger partial charge in [0.2, 0.25) is 0 Å². The van der Waals surface area contributed by atoms with Gasteiger partial charge in [0.1, 0.15) is 5.75 Å². The number of hydrogen-bond acceptors (Lipinski definition) is 3. The van der Waals surface area contributed by atoms with Crippen LogP contribution in [0.25, 0.3) is 0 Å². The number of carboxylic acid groups (broad SMARTS) is 1. The third-order valence-electron chi connectivity index (χ3n) is 3.96. The average Bonchev–Trinajstić information content (AvgIpc) is 2.37. The first-order valence-corrected chi connectivity index (χ1v) is 8.61. The molecule has 1 aromatic rings. The Bertz CT molecular complexity index is 592. The summed E-state index contributed by atoms with van der Waals surface area (Å²) in [6.45, 7) is 1.98. The molecule has 2 rings (SSSR count). The SMILES string of the molecule is Cc1cccc([C@H]2CCCC[C@H]2S(=O)(=O)CC(=O)O)c1. The molecule has 0 aromatic heterocycles. The summed E-state index contributed by atoms with van der Waals surface area (Å²) in [5, 5.41) is 8.24. The number of carbonyl (C=O) groups is 1. The molecule has 0 radical (unpaired) electrons. The summed E-state index contributed by atoms with van der Waals surface area (Å²) < 4.78 is 24.6. The molecule has 1 aliphatic rings. The summed E-state index contributed by atoms with van der Waals surface area (Å²) >= 11 is 0. The molecule has 2 atom stereocenters. The van der Waals surface area contributed by atoms with Gasteiger partial charge < -0.3 is 5.11 Å². The molecule has 1 aromatic carbocycles. The van der Waals surface area contributed by atoms with Crippen LogP contribution in [-0.4, -0.2) is 30.5 Å². The second-order valence-electron chi connectivity index (χ2n) is 5.54. The Morgan fingerprint density at radius 2 is 2.00 bits per heavy atom. The van der Waals surface area contributed by atoms with Gasteiger partial charge in [-0.1, -0.05) is 42.7 Å². The van der Waals surface area contributed by atoms with Gasteiger partial charge in [0.05, 0.1) is 5.25 Å². The van der Waals surface area contributed by atoms with E-state index in [-0.39, 0.29) is 5.92 Å². The van der Waals surface area contributed by atoms with Gasteiger partial charge in [-0.2, -0.15) is 0 Å². The van der Waals surface area contributed by atoms with Crippen LogP contribution in [0, 0.1) is 6.92 Å². The van der Waals surface area contributed by atoms with Gasteiger partial charge >= 0.3 is 5.97 Å². The maximum Gasteiger partial charge on any atom is 0.318 e. The van der Waals surface area contributed by atoms with Crippen LogP contribution < -0.4 is 0 Å². The first-order valence-electron chi connectivity index (χ1n) is 6.90. The summed E-state index contributed by atoms with van der Waals surface area (Å²) in [7, 11) is -3.59. The van der Waals surface area contributed by atoms with Crippen molar-refractivity contribution in [3.63, 3.8) is 0 Å². The summed E-state index contributed by atoms with van der Waals surface area (Å²) in [6.07, 6.45) is 3.23. The zero-order chi connectivity index (χ0) is 14.8. The lowest BCUT2D eigenvalue weighted by Crippen LogP contribution is -2.35. The Balaban J connectivity index is 2.32. The van der Waals surface area contributed by atoms with E-state index in [0.29, 0.717) is 6.42 Å². The van der Waals surface area contributed by atoms with Crippen LogP contribution in [0.3, 0.4) is 0 Å². The highest BCUT2D eigenvalue weighted by Gasteiger charge is 2.37. The molecule has 1 saturated carbocycles. The molecule has 1 aliphatic carbocycles. The van der Waals surface area contributed by atoms with Crippen LogP contribution in [-0.2, 0) is 14.6 Å². The van der Waals surface area contributed by atoms with Crippen molar-refractivity contribution in [3.8, 4) is 0 Å². The van der Waals surface area contributed by atoms with Gasteiger partial charge in [-0.25, -0.2) is 8.42 Å². The Labute approximate surface area is 119 Å². The van der Waals surface area contributed by atoms with Crippen LogP contribution >= 0.6 is 0 Å². The minimum absolute atomic E-state index is 0.0759. The minimum atomic E-state index is -3.59. The average molecular weight is 296 g/mol. The topological polar surface area (TPSA) is 71.4 Å². The largest absolute Gasteiger partial charge is 0.480 e. The molecule has 4 nitrogen and oxygen atoms in total. The number of benzene rings is 1. The van der Waals surface area contributed by atoms with Crippen LogP contribution in [0.15, 0.2) is 24.3 Å². The van der Waals surface area contributed by atoms with Gasteiger partial charge in [-0.05, 0) is 25.3 Å². The van der Waals surface area contributed by atoms with Gasteiger partial charge in [-0.3, -0.25) is 4.79 Å². The van der Waals surface area contributed by atoms with E-state index in [9.17, 15) is 13.2 Å². The quantitative estimate of drug-likeness (QED) is 0.926. The smallest absolute Gasteiger partial charge is 0.318 e. The fourth-order valence-corrected chi connectivity index (χ4v) is 4.97. The van der Waals surface area contributed by atoms with E-state index in [4.69, 9.17) is 5.11 Å². The van der Waals surface area contributed by atoms with Crippen molar-refractivity contribution in [2.75, 3.05) is 5.75 Å². The second kappa shape index (κ2) is 5.95. The van der Waals surface area contributed by atoms with Crippen molar-refractivity contribution in [1.29, 1.82) is 0 Å². The maximum absolute atomic E-state index is 12.3. The van der Waals surface area contributed by atoms with E-state index in [1.54, 1.807) is 0 Å².